The first-order valence-corrected chi connectivity index (χ1v) is 6.42. The summed E-state index contributed by atoms with van der Waals surface area (Å²) < 4.78 is 5.13. The lowest BCUT2D eigenvalue weighted by Gasteiger charge is -2.03. The third-order valence-corrected chi connectivity index (χ3v) is 3.02. The van der Waals surface area contributed by atoms with Crippen LogP contribution in [0.15, 0.2) is 65.2 Å². The van der Waals surface area contributed by atoms with Gasteiger partial charge in [0, 0.05) is 17.3 Å². The van der Waals surface area contributed by atoms with Crippen molar-refractivity contribution in [2.45, 2.75) is 0 Å². The van der Waals surface area contributed by atoms with Gasteiger partial charge in [0.25, 0.3) is 5.91 Å². The Morgan fingerprint density at radius 3 is 2.52 bits per heavy atom. The largest absolute Gasteiger partial charge is 0.398 e. The van der Waals surface area contributed by atoms with Gasteiger partial charge in [-0.3, -0.25) is 10.1 Å². The van der Waals surface area contributed by atoms with Crippen LogP contribution in [-0.2, 0) is 0 Å². The molecule has 0 aliphatic heterocycles. The number of nitrogens with one attached hydrogen (secondary N) is 1. The fourth-order valence-corrected chi connectivity index (χ4v) is 1.96. The number of para-hydroxylation sites is 1. The number of nitrogens with two attached hydrogens (primary N) is 1. The molecular weight excluding hydrogens is 266 g/mol. The minimum absolute atomic E-state index is 0.280. The van der Waals surface area contributed by atoms with Crippen LogP contribution in [0.5, 0.6) is 0 Å². The summed E-state index contributed by atoms with van der Waals surface area (Å²) in [5.74, 6) is -0.0500. The first kappa shape index (κ1) is 12.9. The molecule has 0 unspecified atom stereocenters. The number of hydrogen-bond acceptors (Lipinski definition) is 4. The van der Waals surface area contributed by atoms with Gasteiger partial charge < -0.3 is 10.3 Å². The number of carbonyl (C=O) groups is 1. The second-order valence-electron chi connectivity index (χ2n) is 4.48. The number of carbonyl (C=O) groups excluding carboxylic acids is 1. The highest BCUT2D eigenvalue weighted by atomic mass is 16.5. The Labute approximate surface area is 121 Å². The molecule has 0 saturated carbocycles. The summed E-state index contributed by atoms with van der Waals surface area (Å²) >= 11 is 0. The molecule has 0 radical (unpaired) electrons. The second kappa shape index (κ2) is 5.50. The molecule has 0 aliphatic rings. The summed E-state index contributed by atoms with van der Waals surface area (Å²) in [5.41, 5.74) is 8.15. The van der Waals surface area contributed by atoms with Gasteiger partial charge in [0.1, 0.15) is 5.69 Å². The fourth-order valence-electron chi connectivity index (χ4n) is 1.96. The summed E-state index contributed by atoms with van der Waals surface area (Å²) in [6.07, 6.45) is 0. The first-order valence-electron chi connectivity index (χ1n) is 6.42. The van der Waals surface area contributed by atoms with Crippen LogP contribution in [-0.4, -0.2) is 11.1 Å². The van der Waals surface area contributed by atoms with Crippen molar-refractivity contribution in [2.24, 2.45) is 0 Å². The van der Waals surface area contributed by atoms with Gasteiger partial charge in [-0.25, -0.2) is 0 Å². The molecule has 0 fully saturated rings. The van der Waals surface area contributed by atoms with Gasteiger partial charge in [0.2, 0.25) is 5.88 Å². The minimum Gasteiger partial charge on any atom is -0.398 e. The number of nitrogens with zero attached hydrogens (tertiary/aromatic N) is 1. The lowest BCUT2D eigenvalue weighted by Crippen LogP contribution is -2.13. The zero-order valence-corrected chi connectivity index (χ0v) is 11.1. The lowest BCUT2D eigenvalue weighted by atomic mass is 10.1. The van der Waals surface area contributed by atoms with Crippen LogP contribution < -0.4 is 11.1 Å². The molecule has 21 heavy (non-hydrogen) atoms. The van der Waals surface area contributed by atoms with E-state index in [0.29, 0.717) is 16.9 Å². The van der Waals surface area contributed by atoms with Crippen molar-refractivity contribution < 1.29 is 9.32 Å². The molecular formula is C16H13N3O2. The average molecular weight is 279 g/mol. The molecule has 1 aromatic heterocycles. The Bertz CT molecular complexity index is 766. The zero-order valence-electron chi connectivity index (χ0n) is 11.1. The zero-order chi connectivity index (χ0) is 14.7. The number of rotatable bonds is 3. The molecule has 0 bridgehead atoms. The third kappa shape index (κ3) is 2.76. The molecule has 0 spiro atoms. The van der Waals surface area contributed by atoms with Gasteiger partial charge in [-0.15, -0.1) is 0 Å². The maximum atomic E-state index is 12.1. The van der Waals surface area contributed by atoms with Crippen molar-refractivity contribution in [1.29, 1.82) is 0 Å². The van der Waals surface area contributed by atoms with Crippen molar-refractivity contribution in [3.8, 4) is 11.3 Å². The van der Waals surface area contributed by atoms with Gasteiger partial charge in [0.05, 0.1) is 5.56 Å². The van der Waals surface area contributed by atoms with E-state index in [1.807, 2.05) is 30.3 Å². The van der Waals surface area contributed by atoms with Crippen LogP contribution in [0.25, 0.3) is 11.3 Å². The number of benzene rings is 2. The van der Waals surface area contributed by atoms with Crippen molar-refractivity contribution in [3.05, 3.63) is 66.2 Å². The smallest absolute Gasteiger partial charge is 0.260 e. The first-order chi connectivity index (χ1) is 10.2. The second-order valence-corrected chi connectivity index (χ2v) is 4.48. The van der Waals surface area contributed by atoms with E-state index in [4.69, 9.17) is 10.3 Å². The third-order valence-electron chi connectivity index (χ3n) is 3.02. The normalized spacial score (nSPS) is 10.3. The molecule has 5 heteroatoms. The Hall–Kier alpha value is -3.08. The van der Waals surface area contributed by atoms with Gasteiger partial charge >= 0.3 is 0 Å². The summed E-state index contributed by atoms with van der Waals surface area (Å²) in [5, 5.41) is 6.58. The summed E-state index contributed by atoms with van der Waals surface area (Å²) in [6.45, 7) is 0. The molecule has 1 heterocycles. The Kier molecular flexibility index (Phi) is 3.39. The quantitative estimate of drug-likeness (QED) is 0.721. The van der Waals surface area contributed by atoms with E-state index in [2.05, 4.69) is 10.5 Å². The van der Waals surface area contributed by atoms with Gasteiger partial charge in [0.15, 0.2) is 0 Å². The molecule has 3 rings (SSSR count). The minimum atomic E-state index is -0.330. The topological polar surface area (TPSA) is 81.2 Å². The van der Waals surface area contributed by atoms with Gasteiger partial charge in [-0.1, -0.05) is 47.6 Å². The van der Waals surface area contributed by atoms with E-state index in [-0.39, 0.29) is 11.8 Å². The SMILES string of the molecule is Nc1ccccc1C(=O)Nc1cc(-c2ccccc2)no1. The van der Waals surface area contributed by atoms with Crippen LogP contribution in [0.1, 0.15) is 10.4 Å². The number of anilines is 2. The van der Waals surface area contributed by atoms with E-state index >= 15 is 0 Å². The molecule has 104 valence electrons. The van der Waals surface area contributed by atoms with Crippen molar-refractivity contribution in [3.63, 3.8) is 0 Å². The Morgan fingerprint density at radius 2 is 1.76 bits per heavy atom. The molecule has 1 amide bonds. The van der Waals surface area contributed by atoms with Crippen molar-refractivity contribution in [2.75, 3.05) is 11.1 Å². The van der Waals surface area contributed by atoms with Gasteiger partial charge in [-0.2, -0.15) is 0 Å². The fraction of sp³-hybridized carbons (Fsp3) is 0. The predicted molar refractivity (Wildman–Crippen MR) is 80.7 cm³/mol. The van der Waals surface area contributed by atoms with E-state index in [1.54, 1.807) is 30.3 Å². The Balaban J connectivity index is 1.79. The number of hydrogen-bond donors (Lipinski definition) is 2. The summed E-state index contributed by atoms with van der Waals surface area (Å²) in [4.78, 5) is 12.1. The molecule has 5 nitrogen and oxygen atoms in total. The van der Waals surface area contributed by atoms with Crippen molar-refractivity contribution in [1.82, 2.24) is 5.16 Å². The Morgan fingerprint density at radius 1 is 1.05 bits per heavy atom. The number of aromatic nitrogens is 1. The van der Waals surface area contributed by atoms with E-state index in [9.17, 15) is 4.79 Å². The average Bonchev–Trinajstić information content (AvgIpc) is 2.97. The standard InChI is InChI=1S/C16H13N3O2/c17-13-9-5-4-8-12(13)16(20)18-15-10-14(19-21-15)11-6-2-1-3-7-11/h1-10H,17H2,(H,18,20). The molecule has 3 N–H and O–H groups in total. The monoisotopic (exact) mass is 279 g/mol. The highest BCUT2D eigenvalue weighted by molar-refractivity contribution is 6.07. The maximum Gasteiger partial charge on any atom is 0.260 e. The van der Waals surface area contributed by atoms with Crippen LogP contribution in [0.3, 0.4) is 0 Å². The van der Waals surface area contributed by atoms with E-state index in [0.717, 1.165) is 5.56 Å². The molecule has 0 aliphatic carbocycles. The lowest BCUT2D eigenvalue weighted by molar-refractivity contribution is 0.102. The van der Waals surface area contributed by atoms with E-state index in [1.165, 1.54) is 0 Å². The van der Waals surface area contributed by atoms with E-state index < -0.39 is 0 Å². The molecule has 3 aromatic rings. The highest BCUT2D eigenvalue weighted by Gasteiger charge is 2.12. The number of nitrogen functional groups attached to an aromatic ring is 1. The van der Waals surface area contributed by atoms with Gasteiger partial charge in [-0.05, 0) is 12.1 Å². The maximum absolute atomic E-state index is 12.1. The molecule has 2 aromatic carbocycles. The predicted octanol–water partition coefficient (Wildman–Crippen LogP) is 3.18. The molecule has 0 atom stereocenters. The van der Waals surface area contributed by atoms with Crippen LogP contribution in [0.2, 0.25) is 0 Å². The van der Waals surface area contributed by atoms with Crippen LogP contribution >= 0.6 is 0 Å². The van der Waals surface area contributed by atoms with Crippen molar-refractivity contribution >= 4 is 17.5 Å². The molecule has 0 saturated heterocycles. The van der Waals surface area contributed by atoms with Crippen LogP contribution in [0, 0.1) is 0 Å². The summed E-state index contributed by atoms with van der Waals surface area (Å²) in [7, 11) is 0. The number of amides is 1. The highest BCUT2D eigenvalue weighted by Crippen LogP contribution is 2.22. The van der Waals surface area contributed by atoms with Crippen LogP contribution in [0.4, 0.5) is 11.6 Å². The summed E-state index contributed by atoms with van der Waals surface area (Å²) in [6, 6.07) is 18.1.